The molecule has 1 aliphatic rings. The van der Waals surface area contributed by atoms with Gasteiger partial charge < -0.3 is 5.32 Å². The summed E-state index contributed by atoms with van der Waals surface area (Å²) in [6, 6.07) is 21.5. The van der Waals surface area contributed by atoms with E-state index in [1.807, 2.05) is 48.5 Å². The smallest absolute Gasteiger partial charge is 0.238 e. The van der Waals surface area contributed by atoms with Crippen LogP contribution in [0, 0.1) is 0 Å². The molecule has 130 valence electrons. The summed E-state index contributed by atoms with van der Waals surface area (Å²) in [7, 11) is -3.76. The van der Waals surface area contributed by atoms with Gasteiger partial charge in [0.15, 0.2) is 0 Å². The standard InChI is InChI=1S/C20H16N2O3S/c21-26(24,25)14-11-9-13(10-12-14)22-20(23)19-17-7-3-1-5-15(17)16-6-2-4-8-18(16)19/h1-12,19H,(H,22,23)(H2,21,24,25). The van der Waals surface area contributed by atoms with Crippen molar-refractivity contribution >= 4 is 21.6 Å². The molecule has 3 N–H and O–H groups in total. The summed E-state index contributed by atoms with van der Waals surface area (Å²) in [6.07, 6.45) is 0. The van der Waals surface area contributed by atoms with Crippen LogP contribution >= 0.6 is 0 Å². The summed E-state index contributed by atoms with van der Waals surface area (Å²) in [5.41, 5.74) is 4.57. The van der Waals surface area contributed by atoms with Gasteiger partial charge in [0.05, 0.1) is 10.8 Å². The van der Waals surface area contributed by atoms with E-state index in [1.54, 1.807) is 0 Å². The van der Waals surface area contributed by atoms with Crippen LogP contribution in [-0.2, 0) is 14.8 Å². The van der Waals surface area contributed by atoms with Gasteiger partial charge in [0.1, 0.15) is 0 Å². The number of amides is 1. The van der Waals surface area contributed by atoms with Crippen molar-refractivity contribution in [1.82, 2.24) is 0 Å². The van der Waals surface area contributed by atoms with Crippen molar-refractivity contribution in [2.75, 3.05) is 5.32 Å². The Morgan fingerprint density at radius 3 is 1.81 bits per heavy atom. The van der Waals surface area contributed by atoms with Crippen molar-refractivity contribution in [3.05, 3.63) is 83.9 Å². The van der Waals surface area contributed by atoms with E-state index in [4.69, 9.17) is 5.14 Å². The minimum Gasteiger partial charge on any atom is -0.325 e. The molecule has 0 saturated heterocycles. The molecule has 0 fully saturated rings. The summed E-state index contributed by atoms with van der Waals surface area (Å²) >= 11 is 0. The summed E-state index contributed by atoms with van der Waals surface area (Å²) in [6.45, 7) is 0. The first kappa shape index (κ1) is 16.5. The van der Waals surface area contributed by atoms with Gasteiger partial charge in [-0.05, 0) is 46.5 Å². The maximum absolute atomic E-state index is 13.0. The van der Waals surface area contributed by atoms with Gasteiger partial charge in [0, 0.05) is 5.69 Å². The van der Waals surface area contributed by atoms with Crippen molar-refractivity contribution < 1.29 is 13.2 Å². The number of benzene rings is 3. The normalized spacial score (nSPS) is 13.1. The van der Waals surface area contributed by atoms with Gasteiger partial charge in [0.25, 0.3) is 0 Å². The zero-order chi connectivity index (χ0) is 18.3. The van der Waals surface area contributed by atoms with E-state index in [0.29, 0.717) is 5.69 Å². The fraction of sp³-hybridized carbons (Fsp3) is 0.0500. The van der Waals surface area contributed by atoms with E-state index in [9.17, 15) is 13.2 Å². The number of rotatable bonds is 3. The molecule has 0 radical (unpaired) electrons. The molecule has 0 aliphatic heterocycles. The lowest BCUT2D eigenvalue weighted by Gasteiger charge is -2.14. The number of hydrogen-bond acceptors (Lipinski definition) is 3. The number of hydrogen-bond donors (Lipinski definition) is 2. The Morgan fingerprint density at radius 1 is 0.808 bits per heavy atom. The second kappa shape index (κ2) is 6.09. The Kier molecular flexibility index (Phi) is 3.86. The van der Waals surface area contributed by atoms with Crippen molar-refractivity contribution in [3.8, 4) is 11.1 Å². The van der Waals surface area contributed by atoms with Gasteiger partial charge in [-0.1, -0.05) is 48.5 Å². The highest BCUT2D eigenvalue weighted by Crippen LogP contribution is 2.44. The highest BCUT2D eigenvalue weighted by atomic mass is 32.2. The SMILES string of the molecule is NS(=O)(=O)c1ccc(NC(=O)C2c3ccccc3-c3ccccc32)cc1. The van der Waals surface area contributed by atoms with Crippen LogP contribution in [0.5, 0.6) is 0 Å². The number of nitrogens with one attached hydrogen (secondary N) is 1. The van der Waals surface area contributed by atoms with Crippen LogP contribution in [-0.4, -0.2) is 14.3 Å². The van der Waals surface area contributed by atoms with Crippen LogP contribution < -0.4 is 10.5 Å². The second-order valence-electron chi connectivity index (χ2n) is 6.17. The number of sulfonamides is 1. The number of anilines is 1. The highest BCUT2D eigenvalue weighted by molar-refractivity contribution is 7.89. The monoisotopic (exact) mass is 364 g/mol. The predicted molar refractivity (Wildman–Crippen MR) is 100 cm³/mol. The fourth-order valence-corrected chi connectivity index (χ4v) is 3.90. The minimum atomic E-state index is -3.76. The lowest BCUT2D eigenvalue weighted by Crippen LogP contribution is -2.20. The van der Waals surface area contributed by atoms with E-state index >= 15 is 0 Å². The van der Waals surface area contributed by atoms with Crippen LogP contribution in [0.2, 0.25) is 0 Å². The van der Waals surface area contributed by atoms with Crippen LogP contribution in [0.3, 0.4) is 0 Å². The first-order valence-electron chi connectivity index (χ1n) is 8.07. The van der Waals surface area contributed by atoms with E-state index in [0.717, 1.165) is 22.3 Å². The Bertz CT molecular complexity index is 1060. The maximum atomic E-state index is 13.0. The molecule has 26 heavy (non-hydrogen) atoms. The predicted octanol–water partition coefficient (Wildman–Crippen LogP) is 3.09. The van der Waals surface area contributed by atoms with Gasteiger partial charge in [-0.2, -0.15) is 0 Å². The van der Waals surface area contributed by atoms with Crippen LogP contribution in [0.4, 0.5) is 5.69 Å². The molecule has 0 saturated carbocycles. The van der Waals surface area contributed by atoms with Crippen molar-refractivity contribution in [2.45, 2.75) is 10.8 Å². The Labute approximate surface area is 151 Å². The van der Waals surface area contributed by atoms with Crippen LogP contribution in [0.15, 0.2) is 77.7 Å². The molecule has 0 atom stereocenters. The maximum Gasteiger partial charge on any atom is 0.238 e. The molecule has 5 nitrogen and oxygen atoms in total. The first-order valence-corrected chi connectivity index (χ1v) is 9.62. The second-order valence-corrected chi connectivity index (χ2v) is 7.73. The number of fused-ring (bicyclic) bond motifs is 3. The van der Waals surface area contributed by atoms with Gasteiger partial charge >= 0.3 is 0 Å². The van der Waals surface area contributed by atoms with E-state index in [2.05, 4.69) is 5.32 Å². The molecule has 3 aromatic rings. The zero-order valence-corrected chi connectivity index (χ0v) is 14.5. The highest BCUT2D eigenvalue weighted by Gasteiger charge is 2.33. The number of nitrogens with two attached hydrogens (primary N) is 1. The quantitative estimate of drug-likeness (QED) is 0.748. The largest absolute Gasteiger partial charge is 0.325 e. The van der Waals surface area contributed by atoms with E-state index in [1.165, 1.54) is 24.3 Å². The molecule has 1 amide bonds. The summed E-state index contributed by atoms with van der Waals surface area (Å²) in [4.78, 5) is 13.0. The molecule has 0 aromatic heterocycles. The Balaban J connectivity index is 1.67. The van der Waals surface area contributed by atoms with Gasteiger partial charge in [0.2, 0.25) is 15.9 Å². The minimum absolute atomic E-state index is 0.00653. The van der Waals surface area contributed by atoms with Crippen molar-refractivity contribution in [3.63, 3.8) is 0 Å². The molecule has 0 heterocycles. The molecule has 0 unspecified atom stereocenters. The molecule has 3 aromatic carbocycles. The summed E-state index contributed by atoms with van der Waals surface area (Å²) in [5, 5.41) is 7.97. The topological polar surface area (TPSA) is 89.3 Å². The molecule has 0 spiro atoms. The molecule has 1 aliphatic carbocycles. The molecule has 0 bridgehead atoms. The van der Waals surface area contributed by atoms with Crippen LogP contribution in [0.25, 0.3) is 11.1 Å². The lowest BCUT2D eigenvalue weighted by atomic mass is 9.96. The third kappa shape index (κ3) is 2.79. The Morgan fingerprint density at radius 2 is 1.31 bits per heavy atom. The van der Waals surface area contributed by atoms with E-state index < -0.39 is 15.9 Å². The van der Waals surface area contributed by atoms with Crippen molar-refractivity contribution in [1.29, 1.82) is 0 Å². The average molecular weight is 364 g/mol. The Hall–Kier alpha value is -2.96. The molecule has 4 rings (SSSR count). The third-order valence-electron chi connectivity index (χ3n) is 4.55. The van der Waals surface area contributed by atoms with Gasteiger partial charge in [-0.3, -0.25) is 4.79 Å². The van der Waals surface area contributed by atoms with Crippen LogP contribution in [0.1, 0.15) is 17.0 Å². The van der Waals surface area contributed by atoms with E-state index in [-0.39, 0.29) is 10.8 Å². The summed E-state index contributed by atoms with van der Waals surface area (Å²) in [5.74, 6) is -0.564. The fourth-order valence-electron chi connectivity index (χ4n) is 3.38. The van der Waals surface area contributed by atoms with Crippen molar-refractivity contribution in [2.24, 2.45) is 5.14 Å². The summed E-state index contributed by atoms with van der Waals surface area (Å²) < 4.78 is 22.7. The molecular formula is C20H16N2O3S. The number of primary sulfonamides is 1. The average Bonchev–Trinajstić information content (AvgIpc) is 2.96. The van der Waals surface area contributed by atoms with Gasteiger partial charge in [-0.25, -0.2) is 13.6 Å². The zero-order valence-electron chi connectivity index (χ0n) is 13.7. The third-order valence-corrected chi connectivity index (χ3v) is 5.48. The molecule has 6 heteroatoms. The molecular weight excluding hydrogens is 348 g/mol. The number of carbonyl (C=O) groups is 1. The first-order chi connectivity index (χ1) is 12.4. The van der Waals surface area contributed by atoms with Gasteiger partial charge in [-0.15, -0.1) is 0 Å². The lowest BCUT2D eigenvalue weighted by molar-refractivity contribution is -0.116. The number of carbonyl (C=O) groups excluding carboxylic acids is 1.